The quantitative estimate of drug-likeness (QED) is 0.947. The lowest BCUT2D eigenvalue weighted by atomic mass is 9.78. The summed E-state index contributed by atoms with van der Waals surface area (Å²) in [4.78, 5) is 22.9. The first-order chi connectivity index (χ1) is 11.0. The lowest BCUT2D eigenvalue weighted by Gasteiger charge is -2.25. The summed E-state index contributed by atoms with van der Waals surface area (Å²) in [7, 11) is 1.75. The van der Waals surface area contributed by atoms with Crippen molar-refractivity contribution >= 4 is 11.9 Å². The Morgan fingerprint density at radius 3 is 2.48 bits per heavy atom. The van der Waals surface area contributed by atoms with Gasteiger partial charge in [0, 0.05) is 38.4 Å². The van der Waals surface area contributed by atoms with Gasteiger partial charge in [-0.2, -0.15) is 0 Å². The van der Waals surface area contributed by atoms with Crippen LogP contribution in [0.2, 0.25) is 0 Å². The molecule has 1 aliphatic heterocycles. The zero-order valence-corrected chi connectivity index (χ0v) is 13.8. The molecule has 0 aliphatic carbocycles. The Bertz CT molecular complexity index is 682. The van der Waals surface area contributed by atoms with Gasteiger partial charge in [-0.3, -0.25) is 4.79 Å². The van der Waals surface area contributed by atoms with Gasteiger partial charge in [-0.15, -0.1) is 0 Å². The molecule has 1 aliphatic rings. The van der Waals surface area contributed by atoms with Gasteiger partial charge in [-0.1, -0.05) is 44.2 Å². The first-order valence-corrected chi connectivity index (χ1v) is 7.85. The third kappa shape index (κ3) is 3.04. The number of hydrogen-bond acceptors (Lipinski definition) is 4. The lowest BCUT2D eigenvalue weighted by Crippen LogP contribution is -2.30. The summed E-state index contributed by atoms with van der Waals surface area (Å²) in [6, 6.07) is 10.4. The Morgan fingerprint density at radius 2 is 1.87 bits per heavy atom. The molecule has 5 heteroatoms. The number of anilines is 1. The molecule has 120 valence electrons. The molecule has 1 unspecified atom stereocenters. The fourth-order valence-corrected chi connectivity index (χ4v) is 3.28. The maximum absolute atomic E-state index is 12.7. The minimum Gasteiger partial charge on any atom is -0.357 e. The monoisotopic (exact) mass is 310 g/mol. The average Bonchev–Trinajstić information content (AvgIpc) is 2.90. The van der Waals surface area contributed by atoms with Crippen LogP contribution in [0.15, 0.2) is 42.7 Å². The summed E-state index contributed by atoms with van der Waals surface area (Å²) in [5.41, 5.74) is 1.87. The molecule has 1 saturated heterocycles. The zero-order valence-electron chi connectivity index (χ0n) is 13.8. The standard InChI is InChI=1S/C18H22N4O/c1-18(2)12-22(11-15(18)13-7-5-4-6-8-13)16(23)14-9-20-17(19-3)21-10-14/h4-10,15H,11-12H2,1-3H3,(H,19,20,21). The van der Waals surface area contributed by atoms with Crippen LogP contribution in [0.5, 0.6) is 0 Å². The van der Waals surface area contributed by atoms with E-state index in [0.29, 0.717) is 17.4 Å². The van der Waals surface area contributed by atoms with E-state index in [1.165, 1.54) is 5.56 Å². The van der Waals surface area contributed by atoms with Crippen LogP contribution in [0.4, 0.5) is 5.95 Å². The molecule has 1 amide bonds. The number of likely N-dealkylation sites (tertiary alicyclic amines) is 1. The molecule has 1 atom stereocenters. The van der Waals surface area contributed by atoms with E-state index >= 15 is 0 Å². The molecule has 1 fully saturated rings. The molecule has 0 saturated carbocycles. The van der Waals surface area contributed by atoms with Gasteiger partial charge in [0.1, 0.15) is 0 Å². The second kappa shape index (κ2) is 5.99. The van der Waals surface area contributed by atoms with E-state index in [-0.39, 0.29) is 11.3 Å². The number of benzene rings is 1. The van der Waals surface area contributed by atoms with Crippen molar-refractivity contribution in [3.05, 3.63) is 53.9 Å². The summed E-state index contributed by atoms with van der Waals surface area (Å²) >= 11 is 0. The van der Waals surface area contributed by atoms with Crippen LogP contribution >= 0.6 is 0 Å². The number of rotatable bonds is 3. The normalized spacial score (nSPS) is 19.6. The van der Waals surface area contributed by atoms with E-state index in [1.807, 2.05) is 11.0 Å². The van der Waals surface area contributed by atoms with Crippen LogP contribution in [0.3, 0.4) is 0 Å². The Labute approximate surface area is 136 Å². The van der Waals surface area contributed by atoms with Crippen LogP contribution in [0.25, 0.3) is 0 Å². The lowest BCUT2D eigenvalue weighted by molar-refractivity contribution is 0.0777. The molecular formula is C18H22N4O. The third-order valence-electron chi connectivity index (χ3n) is 4.56. The summed E-state index contributed by atoms with van der Waals surface area (Å²) < 4.78 is 0. The number of hydrogen-bond donors (Lipinski definition) is 1. The summed E-state index contributed by atoms with van der Waals surface area (Å²) in [5.74, 6) is 0.856. The molecule has 3 rings (SSSR count). The molecule has 0 radical (unpaired) electrons. The highest BCUT2D eigenvalue weighted by molar-refractivity contribution is 5.94. The van der Waals surface area contributed by atoms with Crippen molar-refractivity contribution in [2.45, 2.75) is 19.8 Å². The van der Waals surface area contributed by atoms with Crippen LogP contribution in [-0.4, -0.2) is 40.9 Å². The molecule has 2 aromatic rings. The van der Waals surface area contributed by atoms with E-state index in [1.54, 1.807) is 19.4 Å². The van der Waals surface area contributed by atoms with Crippen molar-refractivity contribution < 1.29 is 4.79 Å². The highest BCUT2D eigenvalue weighted by Gasteiger charge is 2.42. The van der Waals surface area contributed by atoms with Gasteiger partial charge in [0.25, 0.3) is 5.91 Å². The Balaban J connectivity index is 1.80. The van der Waals surface area contributed by atoms with Crippen LogP contribution < -0.4 is 5.32 Å². The van der Waals surface area contributed by atoms with E-state index in [2.05, 4.69) is 53.4 Å². The topological polar surface area (TPSA) is 58.1 Å². The van der Waals surface area contributed by atoms with Crippen molar-refractivity contribution in [3.63, 3.8) is 0 Å². The fraction of sp³-hybridized carbons (Fsp3) is 0.389. The summed E-state index contributed by atoms with van der Waals surface area (Å²) in [6.07, 6.45) is 3.17. The van der Waals surface area contributed by atoms with E-state index in [9.17, 15) is 4.79 Å². The van der Waals surface area contributed by atoms with Gasteiger partial charge < -0.3 is 10.2 Å². The summed E-state index contributed by atoms with van der Waals surface area (Å²) in [5, 5.41) is 2.86. The van der Waals surface area contributed by atoms with Gasteiger partial charge in [0.2, 0.25) is 5.95 Å². The number of nitrogens with zero attached hydrogens (tertiary/aromatic N) is 3. The highest BCUT2D eigenvalue weighted by Crippen LogP contribution is 2.42. The van der Waals surface area contributed by atoms with Gasteiger partial charge in [-0.05, 0) is 11.0 Å². The van der Waals surface area contributed by atoms with E-state index in [0.717, 1.165) is 13.1 Å². The van der Waals surface area contributed by atoms with E-state index < -0.39 is 0 Å². The number of carbonyl (C=O) groups is 1. The molecule has 5 nitrogen and oxygen atoms in total. The van der Waals surface area contributed by atoms with Gasteiger partial charge in [0.05, 0.1) is 5.56 Å². The molecule has 1 N–H and O–H groups in total. The van der Waals surface area contributed by atoms with Crippen LogP contribution in [-0.2, 0) is 0 Å². The Kier molecular flexibility index (Phi) is 4.03. The third-order valence-corrected chi connectivity index (χ3v) is 4.56. The van der Waals surface area contributed by atoms with Crippen molar-refractivity contribution in [2.24, 2.45) is 5.41 Å². The number of nitrogens with one attached hydrogen (secondary N) is 1. The molecule has 0 spiro atoms. The Hall–Kier alpha value is -2.43. The minimum absolute atomic E-state index is 0.000779. The number of aromatic nitrogens is 2. The fourth-order valence-electron chi connectivity index (χ4n) is 3.28. The average molecular weight is 310 g/mol. The summed E-state index contributed by atoms with van der Waals surface area (Å²) in [6.45, 7) is 5.90. The maximum atomic E-state index is 12.7. The Morgan fingerprint density at radius 1 is 1.22 bits per heavy atom. The maximum Gasteiger partial charge on any atom is 0.257 e. The SMILES string of the molecule is CNc1ncc(C(=O)N2CC(c3ccccc3)C(C)(C)C2)cn1. The molecule has 0 bridgehead atoms. The molecule has 1 aromatic heterocycles. The van der Waals surface area contributed by atoms with Gasteiger partial charge in [-0.25, -0.2) is 9.97 Å². The van der Waals surface area contributed by atoms with Crippen molar-refractivity contribution in [2.75, 3.05) is 25.5 Å². The number of amides is 1. The first kappa shape index (κ1) is 15.5. The molecular weight excluding hydrogens is 288 g/mol. The van der Waals surface area contributed by atoms with Crippen molar-refractivity contribution in [1.82, 2.24) is 14.9 Å². The highest BCUT2D eigenvalue weighted by atomic mass is 16.2. The predicted octanol–water partition coefficient (Wildman–Crippen LogP) is 2.78. The second-order valence-electron chi connectivity index (χ2n) is 6.68. The van der Waals surface area contributed by atoms with Gasteiger partial charge >= 0.3 is 0 Å². The second-order valence-corrected chi connectivity index (χ2v) is 6.68. The van der Waals surface area contributed by atoms with Crippen molar-refractivity contribution in [3.8, 4) is 0 Å². The largest absolute Gasteiger partial charge is 0.357 e. The first-order valence-electron chi connectivity index (χ1n) is 7.85. The van der Waals surface area contributed by atoms with Crippen molar-refractivity contribution in [1.29, 1.82) is 0 Å². The minimum atomic E-state index is -0.000779. The van der Waals surface area contributed by atoms with E-state index in [4.69, 9.17) is 0 Å². The van der Waals surface area contributed by atoms with Gasteiger partial charge in [0.15, 0.2) is 0 Å². The smallest absolute Gasteiger partial charge is 0.257 e. The molecule has 23 heavy (non-hydrogen) atoms. The molecule has 2 heterocycles. The van der Waals surface area contributed by atoms with Crippen LogP contribution in [0, 0.1) is 5.41 Å². The predicted molar refractivity (Wildman–Crippen MR) is 90.4 cm³/mol. The number of carbonyl (C=O) groups excluding carboxylic acids is 1. The zero-order chi connectivity index (χ0) is 16.4. The molecule has 1 aromatic carbocycles. The van der Waals surface area contributed by atoms with Crippen LogP contribution in [0.1, 0.15) is 35.7 Å².